The zero-order valence-electron chi connectivity index (χ0n) is 26.8. The second-order valence-corrected chi connectivity index (χ2v) is 17.8. The number of nitrogens with zero attached hydrogens (tertiary/aromatic N) is 2. The van der Waals surface area contributed by atoms with Gasteiger partial charge in [-0.25, -0.2) is 0 Å². The zero-order chi connectivity index (χ0) is 31.1. The van der Waals surface area contributed by atoms with Crippen molar-refractivity contribution in [3.05, 3.63) is 52.8 Å². The van der Waals surface area contributed by atoms with Gasteiger partial charge in [-0.3, -0.25) is 0 Å². The Morgan fingerprint density at radius 2 is 1.23 bits per heavy atom. The van der Waals surface area contributed by atoms with E-state index < -0.39 is 36.0 Å². The van der Waals surface area contributed by atoms with Crippen LogP contribution < -0.4 is 4.98 Å². The van der Waals surface area contributed by atoms with E-state index in [0.717, 1.165) is 11.4 Å². The summed E-state index contributed by atoms with van der Waals surface area (Å²) in [4.78, 5) is 13.7. The number of rotatable bonds is 10. The van der Waals surface area contributed by atoms with Gasteiger partial charge in [0.2, 0.25) is 0 Å². The molecule has 0 saturated carbocycles. The topological polar surface area (TPSA) is 102 Å². The number of aryl methyl sites for hydroxylation is 2. The second-order valence-electron chi connectivity index (χ2n) is 10.6. The molecule has 0 unspecified atom stereocenters. The molecule has 9 nitrogen and oxygen atoms in total. The van der Waals surface area contributed by atoms with Gasteiger partial charge < -0.3 is 36.0 Å². The molecule has 0 aliphatic carbocycles. The predicted molar refractivity (Wildman–Crippen MR) is 161 cm³/mol. The molecule has 0 fully saturated rings. The monoisotopic (exact) mass is 767 g/mol. The third kappa shape index (κ3) is 14.3. The first-order valence-electron chi connectivity index (χ1n) is 13.1. The molecule has 2 aromatic rings. The molecule has 0 amide bonds. The van der Waals surface area contributed by atoms with Crippen molar-refractivity contribution in [1.82, 2.24) is 4.98 Å². The van der Waals surface area contributed by atoms with E-state index in [9.17, 15) is 4.80 Å². The van der Waals surface area contributed by atoms with E-state index in [4.69, 9.17) is 29.7 Å². The molecule has 12 heteroatoms. The maximum absolute atomic E-state index is 9.62. The van der Waals surface area contributed by atoms with Gasteiger partial charge in [0.05, 0.1) is 0 Å². The third-order valence-electron chi connectivity index (χ3n) is 5.33. The molecule has 0 aliphatic rings. The quantitative estimate of drug-likeness (QED) is 0.293. The SMILES string of the molecule is CC(C)c1cccc(C(C)C)c1[N]=[W]=[CH]C(C)(C)C.CO[Si](O)(OC)O[Si](OC)(OC)OC.Cc1ccc(C)[n-]1. The maximum atomic E-state index is 9.62. The van der Waals surface area contributed by atoms with Gasteiger partial charge in [-0.15, -0.1) is 0 Å². The Morgan fingerprint density at radius 1 is 0.800 bits per heavy atom. The van der Waals surface area contributed by atoms with Gasteiger partial charge in [0.15, 0.2) is 0 Å². The van der Waals surface area contributed by atoms with Crippen molar-refractivity contribution in [3.8, 4) is 0 Å². The smallest absolute Gasteiger partial charge is 0.665 e. The molecular weight excluding hydrogens is 716 g/mol. The summed E-state index contributed by atoms with van der Waals surface area (Å²) in [7, 11) is -0.483. The zero-order valence-corrected chi connectivity index (χ0v) is 31.8. The first kappa shape index (κ1) is 39.0. The van der Waals surface area contributed by atoms with E-state index in [1.807, 2.05) is 26.0 Å². The summed E-state index contributed by atoms with van der Waals surface area (Å²) in [6, 6.07) is 10.7. The summed E-state index contributed by atoms with van der Waals surface area (Å²) in [5.41, 5.74) is 6.63. The second kappa shape index (κ2) is 18.5. The number of hydrogen-bond donors (Lipinski definition) is 1. The molecule has 0 aliphatic heterocycles. The van der Waals surface area contributed by atoms with E-state index in [1.54, 1.807) is 0 Å². The van der Waals surface area contributed by atoms with Gasteiger partial charge in [0.25, 0.3) is 0 Å². The van der Waals surface area contributed by atoms with Crippen LogP contribution in [0, 0.1) is 19.3 Å². The molecule has 1 heterocycles. The predicted octanol–water partition coefficient (Wildman–Crippen LogP) is 6.04. The normalized spacial score (nSPS) is 11.9. The van der Waals surface area contributed by atoms with Crippen LogP contribution in [0.3, 0.4) is 0 Å². The fourth-order valence-corrected chi connectivity index (χ4v) is 9.21. The van der Waals surface area contributed by atoms with Crippen molar-refractivity contribution in [2.24, 2.45) is 8.91 Å². The van der Waals surface area contributed by atoms with E-state index in [0.29, 0.717) is 17.3 Å². The third-order valence-corrected chi connectivity index (χ3v) is 13.8. The minimum atomic E-state index is -3.71. The van der Waals surface area contributed by atoms with Gasteiger partial charge in [0, 0.05) is 35.5 Å². The molecule has 2 rings (SSSR count). The first-order valence-corrected chi connectivity index (χ1v) is 19.4. The molecule has 40 heavy (non-hydrogen) atoms. The number of hydrogen-bond acceptors (Lipinski definition) is 8. The van der Waals surface area contributed by atoms with Crippen molar-refractivity contribution in [1.29, 1.82) is 0 Å². The fraction of sp³-hybridized carbons (Fsp3) is 0.607. The van der Waals surface area contributed by atoms with Crippen molar-refractivity contribution >= 4 is 28.2 Å². The van der Waals surface area contributed by atoms with Crippen LogP contribution in [0.2, 0.25) is 0 Å². The van der Waals surface area contributed by atoms with Gasteiger partial charge in [-0.1, -0.05) is 26.0 Å². The Kier molecular flexibility index (Phi) is 18.1. The van der Waals surface area contributed by atoms with Crippen LogP contribution >= 0.6 is 0 Å². The van der Waals surface area contributed by atoms with Crippen molar-refractivity contribution < 1.29 is 49.0 Å². The summed E-state index contributed by atoms with van der Waals surface area (Å²) in [6.45, 7) is 19.8. The van der Waals surface area contributed by atoms with Crippen LogP contribution in [0.15, 0.2) is 33.8 Å². The first-order chi connectivity index (χ1) is 18.5. The summed E-state index contributed by atoms with van der Waals surface area (Å²) in [6.07, 6.45) is 0. The molecule has 230 valence electrons. The van der Waals surface area contributed by atoms with Crippen molar-refractivity contribution in [3.63, 3.8) is 0 Å². The molecule has 1 aromatic heterocycles. The van der Waals surface area contributed by atoms with Gasteiger partial charge in [-0.05, 0) is 0 Å². The van der Waals surface area contributed by atoms with E-state index >= 15 is 0 Å². The molecule has 1 aromatic carbocycles. The summed E-state index contributed by atoms with van der Waals surface area (Å²) >= 11 is -0.757. The largest absolute Gasteiger partial charge is 0.673 e. The van der Waals surface area contributed by atoms with Crippen LogP contribution in [0.5, 0.6) is 0 Å². The minimum absolute atomic E-state index is 0.304. The Hall–Kier alpha value is -0.988. The summed E-state index contributed by atoms with van der Waals surface area (Å²) in [5.74, 6) is 1.09. The van der Waals surface area contributed by atoms with E-state index in [-0.39, 0.29) is 0 Å². The Balaban J connectivity index is 0.000000631. The Morgan fingerprint density at radius 3 is 1.50 bits per heavy atom. The van der Waals surface area contributed by atoms with Crippen LogP contribution in [-0.4, -0.2) is 62.8 Å². The molecule has 0 spiro atoms. The molecule has 0 bridgehead atoms. The molecule has 0 saturated heterocycles. The summed E-state index contributed by atoms with van der Waals surface area (Å²) in [5, 5.41) is 0. The molecular formula is C28H51N2O7Si2W-. The van der Waals surface area contributed by atoms with Crippen molar-refractivity contribution in [2.75, 3.05) is 35.5 Å². The van der Waals surface area contributed by atoms with Crippen LogP contribution in [-0.2, 0) is 44.2 Å². The number of benzene rings is 1. The molecule has 1 N–H and O–H groups in total. The van der Waals surface area contributed by atoms with Crippen LogP contribution in [0.4, 0.5) is 5.69 Å². The minimum Gasteiger partial charge on any atom is -0.665 e. The Labute approximate surface area is 252 Å². The fourth-order valence-electron chi connectivity index (χ4n) is 3.15. The number of aromatic nitrogens is 1. The standard InChI is InChI=1S/C12H17N.C6H8N.C5H16O7Si2.C5H10.W/c1-8(2)10-6-5-7-11(9(3)4)12(10)13;1-5-3-4-6(2)7-5;1-7-13(6,8-2)12-14(9-3,10-4)11-5;1-5(2,3)4;/h5-9H,1-4H3;3-4H,1-2H3;6H,1-5H3;1H,2-4H3;/q;-1;;;. The average molecular weight is 768 g/mol. The van der Waals surface area contributed by atoms with Gasteiger partial charge in [0.1, 0.15) is 0 Å². The van der Waals surface area contributed by atoms with E-state index in [2.05, 4.69) is 76.1 Å². The van der Waals surface area contributed by atoms with Gasteiger partial charge in [-0.2, -0.15) is 11.4 Å². The Bertz CT molecular complexity index is 1010. The molecule has 0 atom stereocenters. The van der Waals surface area contributed by atoms with Crippen LogP contribution in [0.1, 0.15) is 82.8 Å². The van der Waals surface area contributed by atoms with Gasteiger partial charge >= 0.3 is 145 Å². The van der Waals surface area contributed by atoms with Crippen LogP contribution in [0.25, 0.3) is 0 Å². The van der Waals surface area contributed by atoms with Crippen molar-refractivity contribution in [2.45, 2.75) is 74.1 Å². The average Bonchev–Trinajstić information content (AvgIpc) is 3.29. The van der Waals surface area contributed by atoms with E-state index in [1.165, 1.54) is 52.4 Å². The maximum Gasteiger partial charge on any atom is 0.673 e. The summed E-state index contributed by atoms with van der Waals surface area (Å²) < 4.78 is 36.7. The molecule has 0 radical (unpaired) electrons.